The van der Waals surface area contributed by atoms with Crippen LogP contribution in [0.5, 0.6) is 0 Å². The average molecular weight is 304 g/mol. The highest BCUT2D eigenvalue weighted by molar-refractivity contribution is 7.98. The fraction of sp³-hybridized carbons (Fsp3) is 0.400. The van der Waals surface area contributed by atoms with Crippen LogP contribution in [0.1, 0.15) is 42.5 Å². The molecule has 0 aliphatic heterocycles. The maximum atomic E-state index is 12.3. The molecule has 1 heterocycles. The number of aryl methyl sites for hydroxylation is 1. The Morgan fingerprint density at radius 1 is 1.19 bits per heavy atom. The van der Waals surface area contributed by atoms with Crippen molar-refractivity contribution in [2.75, 3.05) is 11.7 Å². The van der Waals surface area contributed by atoms with E-state index in [1.165, 1.54) is 17.3 Å². The predicted octanol–water partition coefficient (Wildman–Crippen LogP) is 2.99. The Morgan fingerprint density at radius 2 is 1.81 bits per heavy atom. The second-order valence-corrected chi connectivity index (χ2v) is 6.61. The second kappa shape index (κ2) is 5.89. The molecule has 0 fully saturated rings. The van der Waals surface area contributed by atoms with Gasteiger partial charge in [0, 0.05) is 5.56 Å². The molecule has 0 unspecified atom stereocenters. The lowest BCUT2D eigenvalue weighted by atomic mass is 9.87. The third-order valence-electron chi connectivity index (χ3n) is 3.20. The molecule has 0 spiro atoms. The Labute approximate surface area is 129 Å². The molecule has 0 saturated heterocycles. The van der Waals surface area contributed by atoms with Crippen molar-refractivity contribution >= 4 is 17.7 Å². The number of nitrogens with zero attached hydrogens (tertiary/aromatic N) is 3. The molecule has 1 aromatic carbocycles. The maximum Gasteiger partial charge on any atom is 0.270 e. The molecule has 2 rings (SSSR count). The van der Waals surface area contributed by atoms with E-state index < -0.39 is 0 Å². The highest BCUT2D eigenvalue weighted by Gasteiger charge is 2.15. The van der Waals surface area contributed by atoms with Crippen LogP contribution in [0.15, 0.2) is 29.4 Å². The van der Waals surface area contributed by atoms with Crippen molar-refractivity contribution in [3.8, 4) is 0 Å². The standard InChI is InChI=1S/C15H20N4OS/c1-10-16-17-14(21-5)19(10)18-13(20)11-6-8-12(9-7-11)15(2,3)4/h6-9H,1-5H3,(H,18,20). The van der Waals surface area contributed by atoms with Crippen LogP contribution in [0.2, 0.25) is 0 Å². The van der Waals surface area contributed by atoms with Crippen molar-refractivity contribution in [1.82, 2.24) is 14.9 Å². The van der Waals surface area contributed by atoms with Crippen LogP contribution in [0.25, 0.3) is 0 Å². The summed E-state index contributed by atoms with van der Waals surface area (Å²) in [5, 5.41) is 8.61. The Morgan fingerprint density at radius 3 is 2.33 bits per heavy atom. The first-order chi connectivity index (χ1) is 9.82. The summed E-state index contributed by atoms with van der Waals surface area (Å²) in [4.78, 5) is 12.3. The highest BCUT2D eigenvalue weighted by atomic mass is 32.2. The predicted molar refractivity (Wildman–Crippen MR) is 85.4 cm³/mol. The van der Waals surface area contributed by atoms with Gasteiger partial charge in [-0.25, -0.2) is 4.68 Å². The smallest absolute Gasteiger partial charge is 0.267 e. The minimum absolute atomic E-state index is 0.0753. The molecule has 0 saturated carbocycles. The van der Waals surface area contributed by atoms with E-state index in [0.29, 0.717) is 16.5 Å². The Bertz CT molecular complexity index is 641. The van der Waals surface area contributed by atoms with Gasteiger partial charge in [0.05, 0.1) is 0 Å². The second-order valence-electron chi connectivity index (χ2n) is 5.84. The molecule has 1 aromatic heterocycles. The summed E-state index contributed by atoms with van der Waals surface area (Å²) in [6.45, 7) is 8.24. The molecular formula is C15H20N4OS. The lowest BCUT2D eigenvalue weighted by Crippen LogP contribution is -2.24. The molecule has 6 heteroatoms. The minimum atomic E-state index is -0.173. The van der Waals surface area contributed by atoms with Crippen molar-refractivity contribution in [2.24, 2.45) is 0 Å². The fourth-order valence-corrected chi connectivity index (χ4v) is 2.37. The van der Waals surface area contributed by atoms with E-state index in [2.05, 4.69) is 36.4 Å². The quantitative estimate of drug-likeness (QED) is 0.886. The van der Waals surface area contributed by atoms with Gasteiger partial charge < -0.3 is 0 Å². The number of aromatic nitrogens is 3. The first-order valence-electron chi connectivity index (χ1n) is 6.71. The molecule has 5 nitrogen and oxygen atoms in total. The van der Waals surface area contributed by atoms with Gasteiger partial charge in [-0.15, -0.1) is 10.2 Å². The zero-order valence-electron chi connectivity index (χ0n) is 13.0. The van der Waals surface area contributed by atoms with Gasteiger partial charge in [0.15, 0.2) is 0 Å². The molecule has 2 aromatic rings. The number of hydrogen-bond acceptors (Lipinski definition) is 4. The molecule has 112 valence electrons. The number of hydrogen-bond donors (Lipinski definition) is 1. The molecule has 1 amide bonds. The molecule has 21 heavy (non-hydrogen) atoms. The number of carbonyl (C=O) groups is 1. The maximum absolute atomic E-state index is 12.3. The molecule has 1 N–H and O–H groups in total. The number of nitrogens with one attached hydrogen (secondary N) is 1. The average Bonchev–Trinajstić information content (AvgIpc) is 2.79. The lowest BCUT2D eigenvalue weighted by molar-refractivity contribution is 0.100. The topological polar surface area (TPSA) is 59.8 Å². The minimum Gasteiger partial charge on any atom is -0.267 e. The van der Waals surface area contributed by atoms with Crippen LogP contribution in [-0.4, -0.2) is 27.0 Å². The van der Waals surface area contributed by atoms with Crippen molar-refractivity contribution in [3.63, 3.8) is 0 Å². The van der Waals surface area contributed by atoms with Crippen molar-refractivity contribution in [1.29, 1.82) is 0 Å². The summed E-state index contributed by atoms with van der Waals surface area (Å²) in [5.74, 6) is 0.479. The van der Waals surface area contributed by atoms with Gasteiger partial charge in [0.2, 0.25) is 5.16 Å². The van der Waals surface area contributed by atoms with Gasteiger partial charge in [-0.3, -0.25) is 10.2 Å². The van der Waals surface area contributed by atoms with E-state index in [9.17, 15) is 4.79 Å². The summed E-state index contributed by atoms with van der Waals surface area (Å²) < 4.78 is 1.60. The molecule has 0 radical (unpaired) electrons. The van der Waals surface area contributed by atoms with Crippen LogP contribution >= 0.6 is 11.8 Å². The van der Waals surface area contributed by atoms with Crippen molar-refractivity contribution < 1.29 is 4.79 Å². The third-order valence-corrected chi connectivity index (χ3v) is 3.83. The Balaban J connectivity index is 2.19. The van der Waals surface area contributed by atoms with Crippen molar-refractivity contribution in [2.45, 2.75) is 38.3 Å². The number of carbonyl (C=O) groups excluding carboxylic acids is 1. The first-order valence-corrected chi connectivity index (χ1v) is 7.93. The SMILES string of the molecule is CSc1nnc(C)n1NC(=O)c1ccc(C(C)(C)C)cc1. The van der Waals surface area contributed by atoms with E-state index in [-0.39, 0.29) is 11.3 Å². The van der Waals surface area contributed by atoms with Gasteiger partial charge in [0.1, 0.15) is 5.82 Å². The Hall–Kier alpha value is -1.82. The Kier molecular flexibility index (Phi) is 4.37. The van der Waals surface area contributed by atoms with Gasteiger partial charge in [-0.1, -0.05) is 44.7 Å². The highest BCUT2D eigenvalue weighted by Crippen LogP contribution is 2.22. The van der Waals surface area contributed by atoms with Crippen LogP contribution in [0, 0.1) is 6.92 Å². The van der Waals surface area contributed by atoms with Gasteiger partial charge >= 0.3 is 0 Å². The fourth-order valence-electron chi connectivity index (χ4n) is 1.89. The number of benzene rings is 1. The normalized spacial score (nSPS) is 11.5. The van der Waals surface area contributed by atoms with Crippen LogP contribution in [-0.2, 0) is 5.41 Å². The summed E-state index contributed by atoms with van der Waals surface area (Å²) in [7, 11) is 0. The zero-order valence-corrected chi connectivity index (χ0v) is 13.8. The lowest BCUT2D eigenvalue weighted by Gasteiger charge is -2.19. The molecule has 0 atom stereocenters. The molecule has 0 aliphatic carbocycles. The molecule has 0 bridgehead atoms. The first kappa shape index (κ1) is 15.6. The summed E-state index contributed by atoms with van der Waals surface area (Å²) >= 11 is 1.43. The summed E-state index contributed by atoms with van der Waals surface area (Å²) in [6, 6.07) is 7.66. The zero-order chi connectivity index (χ0) is 15.6. The third kappa shape index (κ3) is 3.44. The van der Waals surface area contributed by atoms with E-state index in [1.54, 1.807) is 11.6 Å². The van der Waals surface area contributed by atoms with E-state index in [0.717, 1.165) is 0 Å². The molecular weight excluding hydrogens is 284 g/mol. The van der Waals surface area contributed by atoms with Crippen LogP contribution < -0.4 is 5.43 Å². The number of rotatable bonds is 3. The van der Waals surface area contributed by atoms with Gasteiger partial charge in [-0.05, 0) is 36.3 Å². The molecule has 0 aliphatic rings. The summed E-state index contributed by atoms with van der Waals surface area (Å²) in [5.41, 5.74) is 4.70. The van der Waals surface area contributed by atoms with E-state index in [1.807, 2.05) is 30.5 Å². The largest absolute Gasteiger partial charge is 0.270 e. The number of thioether (sulfide) groups is 1. The van der Waals surface area contributed by atoms with Crippen LogP contribution in [0.3, 0.4) is 0 Å². The van der Waals surface area contributed by atoms with Gasteiger partial charge in [-0.2, -0.15) is 0 Å². The van der Waals surface area contributed by atoms with Crippen LogP contribution in [0.4, 0.5) is 0 Å². The van der Waals surface area contributed by atoms with E-state index in [4.69, 9.17) is 0 Å². The summed E-state index contributed by atoms with van der Waals surface area (Å²) in [6.07, 6.45) is 1.89. The van der Waals surface area contributed by atoms with Crippen molar-refractivity contribution in [3.05, 3.63) is 41.2 Å². The monoisotopic (exact) mass is 304 g/mol. The van der Waals surface area contributed by atoms with Gasteiger partial charge in [0.25, 0.3) is 5.91 Å². The number of amides is 1. The van der Waals surface area contributed by atoms with E-state index >= 15 is 0 Å².